The number of rotatable bonds is 3. The van der Waals surface area contributed by atoms with Gasteiger partial charge < -0.3 is 10.5 Å². The summed E-state index contributed by atoms with van der Waals surface area (Å²) in [5, 5.41) is 4.94. The molecule has 6 nitrogen and oxygen atoms in total. The zero-order valence-corrected chi connectivity index (χ0v) is 9.35. The number of nitrogens with zero attached hydrogens (tertiary/aromatic N) is 1. The summed E-state index contributed by atoms with van der Waals surface area (Å²) in [5.41, 5.74) is 5.61. The first kappa shape index (κ1) is 11.3. The minimum absolute atomic E-state index is 0.0230. The van der Waals surface area contributed by atoms with Crippen LogP contribution in [0.2, 0.25) is 0 Å². The maximum atomic E-state index is 11.0. The van der Waals surface area contributed by atoms with Crippen molar-refractivity contribution >= 4 is 10.0 Å². The second kappa shape index (κ2) is 4.00. The molecule has 1 heterocycles. The second-order valence-electron chi connectivity index (χ2n) is 3.85. The van der Waals surface area contributed by atoms with Crippen molar-refractivity contribution in [1.29, 1.82) is 0 Å². The van der Waals surface area contributed by atoms with Crippen molar-refractivity contribution in [3.8, 4) is 5.88 Å². The summed E-state index contributed by atoms with van der Waals surface area (Å²) in [6, 6.07) is 3.06. The second-order valence-corrected chi connectivity index (χ2v) is 5.41. The van der Waals surface area contributed by atoms with Crippen LogP contribution in [0.1, 0.15) is 12.8 Å². The van der Waals surface area contributed by atoms with Gasteiger partial charge >= 0.3 is 0 Å². The third-order valence-corrected chi connectivity index (χ3v) is 3.35. The molecule has 1 aliphatic rings. The van der Waals surface area contributed by atoms with Crippen LogP contribution >= 0.6 is 0 Å². The van der Waals surface area contributed by atoms with E-state index in [4.69, 9.17) is 15.6 Å². The molecular weight excluding hydrogens is 230 g/mol. The summed E-state index contributed by atoms with van der Waals surface area (Å²) in [5.74, 6) is 0.393. The van der Waals surface area contributed by atoms with Gasteiger partial charge in [-0.1, -0.05) is 0 Å². The van der Waals surface area contributed by atoms with Gasteiger partial charge in [-0.05, 0) is 18.9 Å². The van der Waals surface area contributed by atoms with Gasteiger partial charge in [-0.15, -0.1) is 0 Å². The smallest absolute Gasteiger partial charge is 0.239 e. The van der Waals surface area contributed by atoms with Gasteiger partial charge in [0.1, 0.15) is 11.0 Å². The molecule has 0 atom stereocenters. The van der Waals surface area contributed by atoms with E-state index in [0.717, 1.165) is 12.8 Å². The van der Waals surface area contributed by atoms with E-state index in [1.165, 1.54) is 18.3 Å². The Balaban J connectivity index is 2.03. The lowest BCUT2D eigenvalue weighted by Crippen LogP contribution is -2.43. The van der Waals surface area contributed by atoms with Crippen LogP contribution in [0.4, 0.5) is 0 Å². The Labute approximate surface area is 93.7 Å². The number of hydrogen-bond acceptors (Lipinski definition) is 5. The molecule has 1 aliphatic carbocycles. The van der Waals surface area contributed by atoms with Gasteiger partial charge in [-0.3, -0.25) is 0 Å². The van der Waals surface area contributed by atoms with E-state index in [-0.39, 0.29) is 17.0 Å². The van der Waals surface area contributed by atoms with Crippen LogP contribution < -0.4 is 15.6 Å². The van der Waals surface area contributed by atoms with Crippen molar-refractivity contribution in [1.82, 2.24) is 4.98 Å². The molecule has 1 fully saturated rings. The molecule has 0 saturated heterocycles. The topological polar surface area (TPSA) is 108 Å². The highest BCUT2D eigenvalue weighted by atomic mass is 32.2. The van der Waals surface area contributed by atoms with Crippen LogP contribution in [0.25, 0.3) is 0 Å². The molecular formula is C9H13N3O3S. The quantitative estimate of drug-likeness (QED) is 0.750. The molecule has 0 bridgehead atoms. The van der Waals surface area contributed by atoms with Crippen molar-refractivity contribution in [2.75, 3.05) is 0 Å². The van der Waals surface area contributed by atoms with Crippen LogP contribution in [-0.2, 0) is 10.0 Å². The Bertz CT molecular complexity index is 465. The van der Waals surface area contributed by atoms with E-state index in [9.17, 15) is 8.42 Å². The SMILES string of the molecule is NC1CC(Oc2ccc(S(N)(=O)=O)cn2)C1. The molecule has 0 amide bonds. The number of nitrogens with two attached hydrogens (primary N) is 2. The fourth-order valence-electron chi connectivity index (χ4n) is 1.48. The van der Waals surface area contributed by atoms with E-state index in [1.807, 2.05) is 0 Å². The van der Waals surface area contributed by atoms with E-state index >= 15 is 0 Å². The molecule has 4 N–H and O–H groups in total. The van der Waals surface area contributed by atoms with Crippen molar-refractivity contribution in [3.63, 3.8) is 0 Å². The lowest BCUT2D eigenvalue weighted by atomic mass is 9.90. The standard InChI is InChI=1S/C9H13N3O3S/c10-6-3-7(4-6)15-9-2-1-8(5-12-9)16(11,13)14/h1-2,5-7H,3-4,10H2,(H2,11,13,14). The lowest BCUT2D eigenvalue weighted by molar-refractivity contribution is 0.0957. The first-order valence-electron chi connectivity index (χ1n) is 4.86. The average molecular weight is 243 g/mol. The monoisotopic (exact) mass is 243 g/mol. The highest BCUT2D eigenvalue weighted by molar-refractivity contribution is 7.89. The largest absolute Gasteiger partial charge is 0.474 e. The predicted octanol–water partition coefficient (Wildman–Crippen LogP) is -0.403. The maximum absolute atomic E-state index is 11.0. The average Bonchev–Trinajstić information content (AvgIpc) is 2.15. The third-order valence-electron chi connectivity index (χ3n) is 2.46. The number of hydrogen-bond donors (Lipinski definition) is 2. The highest BCUT2D eigenvalue weighted by Crippen LogP contribution is 2.23. The fourth-order valence-corrected chi connectivity index (χ4v) is 1.94. The molecule has 0 aromatic carbocycles. The lowest BCUT2D eigenvalue weighted by Gasteiger charge is -2.32. The number of pyridine rings is 1. The summed E-state index contributed by atoms with van der Waals surface area (Å²) in [7, 11) is -3.69. The van der Waals surface area contributed by atoms with Crippen molar-refractivity contribution < 1.29 is 13.2 Å². The Morgan fingerprint density at radius 3 is 2.50 bits per heavy atom. The third kappa shape index (κ3) is 2.49. The molecule has 1 saturated carbocycles. The summed E-state index contributed by atoms with van der Waals surface area (Å²) in [6.07, 6.45) is 2.88. The van der Waals surface area contributed by atoms with Gasteiger partial charge in [0.2, 0.25) is 15.9 Å². The fraction of sp³-hybridized carbons (Fsp3) is 0.444. The van der Waals surface area contributed by atoms with Gasteiger partial charge in [-0.2, -0.15) is 0 Å². The summed E-state index contributed by atoms with van der Waals surface area (Å²) >= 11 is 0. The molecule has 0 aliphatic heterocycles. The van der Waals surface area contributed by atoms with Crippen molar-refractivity contribution in [2.45, 2.75) is 29.9 Å². The first-order chi connectivity index (χ1) is 7.45. The molecule has 0 radical (unpaired) electrons. The first-order valence-corrected chi connectivity index (χ1v) is 6.41. The molecule has 1 aromatic rings. The van der Waals surface area contributed by atoms with Crippen molar-refractivity contribution in [3.05, 3.63) is 18.3 Å². The zero-order chi connectivity index (χ0) is 11.8. The Hall–Kier alpha value is -1.18. The van der Waals surface area contributed by atoms with E-state index in [0.29, 0.717) is 5.88 Å². The van der Waals surface area contributed by atoms with E-state index < -0.39 is 10.0 Å². The van der Waals surface area contributed by atoms with E-state index in [2.05, 4.69) is 4.98 Å². The molecule has 16 heavy (non-hydrogen) atoms. The molecule has 88 valence electrons. The maximum Gasteiger partial charge on any atom is 0.239 e. The van der Waals surface area contributed by atoms with Gasteiger partial charge in [0, 0.05) is 12.1 Å². The normalized spacial score (nSPS) is 24.9. The number of ether oxygens (including phenoxy) is 1. The van der Waals surface area contributed by atoms with Crippen LogP contribution in [0.15, 0.2) is 23.2 Å². The van der Waals surface area contributed by atoms with Gasteiger partial charge in [0.25, 0.3) is 0 Å². The van der Waals surface area contributed by atoms with Gasteiger partial charge in [0.15, 0.2) is 0 Å². The molecule has 0 spiro atoms. The Morgan fingerprint density at radius 1 is 1.38 bits per heavy atom. The molecule has 2 rings (SSSR count). The minimum Gasteiger partial charge on any atom is -0.474 e. The van der Waals surface area contributed by atoms with Gasteiger partial charge in [0.05, 0.1) is 6.20 Å². The van der Waals surface area contributed by atoms with Crippen LogP contribution in [0, 0.1) is 0 Å². The predicted molar refractivity (Wildman–Crippen MR) is 57.2 cm³/mol. The van der Waals surface area contributed by atoms with Gasteiger partial charge in [-0.25, -0.2) is 18.5 Å². The van der Waals surface area contributed by atoms with E-state index in [1.54, 1.807) is 0 Å². The molecule has 1 aromatic heterocycles. The van der Waals surface area contributed by atoms with Crippen molar-refractivity contribution in [2.24, 2.45) is 10.9 Å². The van der Waals surface area contributed by atoms with Crippen LogP contribution in [-0.4, -0.2) is 25.5 Å². The zero-order valence-electron chi connectivity index (χ0n) is 8.54. The summed E-state index contributed by atoms with van der Waals surface area (Å²) in [4.78, 5) is 3.85. The number of aromatic nitrogens is 1. The summed E-state index contributed by atoms with van der Waals surface area (Å²) < 4.78 is 27.4. The summed E-state index contributed by atoms with van der Waals surface area (Å²) in [6.45, 7) is 0. The number of primary sulfonamides is 1. The molecule has 7 heteroatoms. The Kier molecular flexibility index (Phi) is 2.83. The minimum atomic E-state index is -3.69. The Morgan fingerprint density at radius 2 is 2.06 bits per heavy atom. The van der Waals surface area contributed by atoms with Crippen LogP contribution in [0.5, 0.6) is 5.88 Å². The highest BCUT2D eigenvalue weighted by Gasteiger charge is 2.27. The van der Waals surface area contributed by atoms with Crippen LogP contribution in [0.3, 0.4) is 0 Å². The molecule has 0 unspecified atom stereocenters. The number of sulfonamides is 1.